The molecular weight excluding hydrogens is 308 g/mol. The molecule has 2 aromatic carbocycles. The zero-order chi connectivity index (χ0) is 15.3. The Labute approximate surface area is 130 Å². The third-order valence-corrected chi connectivity index (χ3v) is 4.72. The molecule has 2 aromatic rings. The minimum atomic E-state index is -3.47. The van der Waals surface area contributed by atoms with Gasteiger partial charge in [-0.15, -0.1) is 0 Å². The molecule has 0 fully saturated rings. The van der Waals surface area contributed by atoms with E-state index in [0.29, 0.717) is 10.6 Å². The summed E-state index contributed by atoms with van der Waals surface area (Å²) in [5, 5.41) is 0.440. The summed E-state index contributed by atoms with van der Waals surface area (Å²) < 4.78 is 26.6. The largest absolute Gasteiger partial charge is 0.323 e. The molecule has 0 aliphatic carbocycles. The van der Waals surface area contributed by atoms with Crippen LogP contribution in [-0.2, 0) is 15.8 Å². The quantitative estimate of drug-likeness (QED) is 0.857. The predicted molar refractivity (Wildman–Crippen MR) is 85.4 cm³/mol. The molecule has 1 atom stereocenters. The zero-order valence-corrected chi connectivity index (χ0v) is 12.9. The van der Waals surface area contributed by atoms with Crippen LogP contribution in [0.3, 0.4) is 0 Å². The van der Waals surface area contributed by atoms with Crippen molar-refractivity contribution in [1.82, 2.24) is 4.72 Å². The standard InChI is InChI=1S/C15H17ClN2O2S/c16-14-9-5-4-8-13(14)11-21(19,20)18-10-15(17)12-6-2-1-3-7-12/h1-9,15,18H,10-11,17H2/t15-/m1/s1. The molecule has 0 unspecified atom stereocenters. The van der Waals surface area contributed by atoms with Crippen molar-refractivity contribution in [1.29, 1.82) is 0 Å². The fraction of sp³-hybridized carbons (Fsp3) is 0.200. The summed E-state index contributed by atoms with van der Waals surface area (Å²) in [6.45, 7) is 0.150. The van der Waals surface area contributed by atoms with E-state index >= 15 is 0 Å². The molecule has 0 aliphatic heterocycles. The van der Waals surface area contributed by atoms with Gasteiger partial charge in [-0.05, 0) is 17.2 Å². The van der Waals surface area contributed by atoms with Crippen LogP contribution < -0.4 is 10.5 Å². The number of nitrogens with one attached hydrogen (secondary N) is 1. The second-order valence-corrected chi connectivity index (χ2v) is 6.93. The molecule has 0 saturated heterocycles. The second-order valence-electron chi connectivity index (χ2n) is 4.72. The van der Waals surface area contributed by atoms with Gasteiger partial charge in [-0.1, -0.05) is 60.1 Å². The highest BCUT2D eigenvalue weighted by Gasteiger charge is 2.15. The normalized spacial score (nSPS) is 13.0. The molecule has 6 heteroatoms. The minimum absolute atomic E-state index is 0.150. The molecule has 0 amide bonds. The average Bonchev–Trinajstić information content (AvgIpc) is 2.48. The molecule has 4 nitrogen and oxygen atoms in total. The number of hydrogen-bond donors (Lipinski definition) is 2. The molecule has 0 aromatic heterocycles. The Balaban J connectivity index is 1.97. The fourth-order valence-electron chi connectivity index (χ4n) is 1.91. The van der Waals surface area contributed by atoms with Gasteiger partial charge in [-0.2, -0.15) is 0 Å². The van der Waals surface area contributed by atoms with Gasteiger partial charge in [0.1, 0.15) is 0 Å². The third kappa shape index (κ3) is 4.82. The van der Waals surface area contributed by atoms with Crippen LogP contribution in [0, 0.1) is 0 Å². The lowest BCUT2D eigenvalue weighted by atomic mass is 10.1. The van der Waals surface area contributed by atoms with E-state index in [9.17, 15) is 8.42 Å². The van der Waals surface area contributed by atoms with Crippen LogP contribution in [0.4, 0.5) is 0 Å². The Morgan fingerprint density at radius 3 is 2.33 bits per heavy atom. The van der Waals surface area contributed by atoms with Crippen LogP contribution in [0.5, 0.6) is 0 Å². The van der Waals surface area contributed by atoms with Gasteiger partial charge in [0.2, 0.25) is 10.0 Å². The number of rotatable bonds is 6. The van der Waals surface area contributed by atoms with E-state index in [4.69, 9.17) is 17.3 Å². The van der Waals surface area contributed by atoms with Crippen LogP contribution in [0.2, 0.25) is 5.02 Å². The van der Waals surface area contributed by atoms with Gasteiger partial charge in [0.05, 0.1) is 5.75 Å². The first kappa shape index (κ1) is 16.0. The zero-order valence-electron chi connectivity index (χ0n) is 11.4. The Morgan fingerprint density at radius 2 is 1.67 bits per heavy atom. The van der Waals surface area contributed by atoms with Gasteiger partial charge in [0, 0.05) is 17.6 Å². The molecule has 0 aliphatic rings. The van der Waals surface area contributed by atoms with Crippen molar-refractivity contribution in [2.75, 3.05) is 6.54 Å². The Bertz CT molecular complexity index is 690. The summed E-state index contributed by atoms with van der Waals surface area (Å²) in [6, 6.07) is 15.9. The maximum Gasteiger partial charge on any atom is 0.215 e. The summed E-state index contributed by atoms with van der Waals surface area (Å²) in [6.07, 6.45) is 0. The second kappa shape index (κ2) is 7.04. The number of halogens is 1. The number of hydrogen-bond acceptors (Lipinski definition) is 3. The van der Waals surface area contributed by atoms with Crippen molar-refractivity contribution in [3.8, 4) is 0 Å². The first-order valence-corrected chi connectivity index (χ1v) is 8.52. The van der Waals surface area contributed by atoms with E-state index in [1.54, 1.807) is 24.3 Å². The first-order valence-electron chi connectivity index (χ1n) is 6.49. The van der Waals surface area contributed by atoms with Crippen LogP contribution >= 0.6 is 11.6 Å². The van der Waals surface area contributed by atoms with Gasteiger partial charge in [0.15, 0.2) is 0 Å². The molecule has 0 spiro atoms. The molecule has 112 valence electrons. The molecule has 0 saturated carbocycles. The lowest BCUT2D eigenvalue weighted by Gasteiger charge is -2.13. The van der Waals surface area contributed by atoms with Gasteiger partial charge >= 0.3 is 0 Å². The van der Waals surface area contributed by atoms with Crippen molar-refractivity contribution in [3.05, 3.63) is 70.7 Å². The molecular formula is C15H17ClN2O2S. The number of benzene rings is 2. The lowest BCUT2D eigenvalue weighted by molar-refractivity contribution is 0.571. The molecule has 21 heavy (non-hydrogen) atoms. The van der Waals surface area contributed by atoms with Gasteiger partial charge < -0.3 is 5.73 Å². The maximum atomic E-state index is 12.1. The monoisotopic (exact) mass is 324 g/mol. The molecule has 3 N–H and O–H groups in total. The van der Waals surface area contributed by atoms with E-state index in [-0.39, 0.29) is 18.3 Å². The van der Waals surface area contributed by atoms with E-state index < -0.39 is 10.0 Å². The van der Waals surface area contributed by atoms with E-state index in [2.05, 4.69) is 4.72 Å². The maximum absolute atomic E-state index is 12.1. The predicted octanol–water partition coefficient (Wildman–Crippen LogP) is 2.46. The fourth-order valence-corrected chi connectivity index (χ4v) is 3.38. The molecule has 2 rings (SSSR count). The van der Waals surface area contributed by atoms with Gasteiger partial charge in [-0.25, -0.2) is 13.1 Å². The SMILES string of the molecule is N[C@H](CNS(=O)(=O)Cc1ccccc1Cl)c1ccccc1. The van der Waals surface area contributed by atoms with Crippen LogP contribution in [0.1, 0.15) is 17.2 Å². The lowest BCUT2D eigenvalue weighted by Crippen LogP contribution is -2.32. The van der Waals surface area contributed by atoms with Crippen LogP contribution in [-0.4, -0.2) is 15.0 Å². The highest BCUT2D eigenvalue weighted by Crippen LogP contribution is 2.17. The van der Waals surface area contributed by atoms with Gasteiger partial charge in [-0.3, -0.25) is 0 Å². The Morgan fingerprint density at radius 1 is 1.05 bits per heavy atom. The smallest absolute Gasteiger partial charge is 0.215 e. The number of nitrogens with two attached hydrogens (primary N) is 1. The number of sulfonamides is 1. The van der Waals surface area contributed by atoms with Crippen molar-refractivity contribution in [2.45, 2.75) is 11.8 Å². The van der Waals surface area contributed by atoms with Crippen molar-refractivity contribution in [2.24, 2.45) is 5.73 Å². The first-order chi connectivity index (χ1) is 9.98. The Kier molecular flexibility index (Phi) is 5.36. The molecule has 0 bridgehead atoms. The average molecular weight is 325 g/mol. The highest BCUT2D eigenvalue weighted by molar-refractivity contribution is 7.88. The van der Waals surface area contributed by atoms with E-state index in [1.165, 1.54) is 0 Å². The van der Waals surface area contributed by atoms with E-state index in [1.807, 2.05) is 30.3 Å². The highest BCUT2D eigenvalue weighted by atomic mass is 35.5. The van der Waals surface area contributed by atoms with Crippen molar-refractivity contribution >= 4 is 21.6 Å². The molecule has 0 heterocycles. The summed E-state index contributed by atoms with van der Waals surface area (Å²) in [5.41, 5.74) is 7.43. The van der Waals surface area contributed by atoms with Crippen molar-refractivity contribution in [3.63, 3.8) is 0 Å². The topological polar surface area (TPSA) is 72.2 Å². The molecule has 0 radical (unpaired) electrons. The van der Waals surface area contributed by atoms with Crippen LogP contribution in [0.25, 0.3) is 0 Å². The minimum Gasteiger partial charge on any atom is -0.323 e. The summed E-state index contributed by atoms with van der Waals surface area (Å²) in [7, 11) is -3.47. The summed E-state index contributed by atoms with van der Waals surface area (Å²) >= 11 is 5.97. The Hall–Kier alpha value is -1.40. The summed E-state index contributed by atoms with van der Waals surface area (Å²) in [4.78, 5) is 0. The van der Waals surface area contributed by atoms with Crippen molar-refractivity contribution < 1.29 is 8.42 Å². The third-order valence-electron chi connectivity index (χ3n) is 3.05. The van der Waals surface area contributed by atoms with E-state index in [0.717, 1.165) is 5.56 Å². The summed E-state index contributed by atoms with van der Waals surface area (Å²) in [5.74, 6) is -0.159. The van der Waals surface area contributed by atoms with Crippen LogP contribution in [0.15, 0.2) is 54.6 Å². The van der Waals surface area contributed by atoms with Gasteiger partial charge in [0.25, 0.3) is 0 Å².